The van der Waals surface area contributed by atoms with Crippen LogP contribution in [0.15, 0.2) is 94.7 Å². The zero-order chi connectivity index (χ0) is 37.3. The number of nitrogens with two attached hydrogens (primary N) is 1. The van der Waals surface area contributed by atoms with Gasteiger partial charge in [-0.25, -0.2) is 35.9 Å². The first kappa shape index (κ1) is 44.0. The predicted molar refractivity (Wildman–Crippen MR) is 218 cm³/mol. The van der Waals surface area contributed by atoms with Crippen LogP contribution in [0.5, 0.6) is 11.5 Å². The van der Waals surface area contributed by atoms with Gasteiger partial charge in [-0.3, -0.25) is 0 Å². The number of nitrogens with one attached hydrogen (secondary N) is 4. The largest absolute Gasteiger partial charge is 0.497 e. The normalized spacial score (nSPS) is 13.6. The van der Waals surface area contributed by atoms with E-state index in [1.54, 1.807) is 18.2 Å². The van der Waals surface area contributed by atoms with Crippen molar-refractivity contribution in [3.05, 3.63) is 107 Å². The Hall–Kier alpha value is -4.36. The number of rotatable bonds is 7. The lowest BCUT2D eigenvalue weighted by molar-refractivity contribution is 0.206. The number of sulfonamides is 2. The van der Waals surface area contributed by atoms with Crippen LogP contribution in [0.25, 0.3) is 0 Å². The van der Waals surface area contributed by atoms with Crippen molar-refractivity contribution in [3.63, 3.8) is 0 Å². The highest BCUT2D eigenvalue weighted by Gasteiger charge is 2.25. The van der Waals surface area contributed by atoms with Gasteiger partial charge in [0.15, 0.2) is 0 Å². The Bertz CT molecular complexity index is 2120. The van der Waals surface area contributed by atoms with Crippen molar-refractivity contribution in [2.24, 2.45) is 0 Å². The number of hydrogen-bond acceptors (Lipinski definition) is 10. The fourth-order valence-electron chi connectivity index (χ4n) is 5.79. The second-order valence-corrected chi connectivity index (χ2v) is 15.4. The van der Waals surface area contributed by atoms with Gasteiger partial charge in [-0.15, -0.1) is 34.0 Å². The molecule has 0 atom stereocenters. The van der Waals surface area contributed by atoms with Crippen LogP contribution in [0, 0.1) is 0 Å². The maximum absolute atomic E-state index is 12.8. The Morgan fingerprint density at radius 3 is 1.70 bits per heavy atom. The topological polar surface area (TPSA) is 198 Å². The molecular weight excluding hydrogens is 868 g/mol. The summed E-state index contributed by atoms with van der Waals surface area (Å²) in [5.74, 6) is 0.962. The number of carbonyl (C=O) groups excluding carboxylic acids is 2. The van der Waals surface area contributed by atoms with E-state index < -0.39 is 32.1 Å². The summed E-state index contributed by atoms with van der Waals surface area (Å²) in [6, 6.07) is 20.9. The van der Waals surface area contributed by atoms with E-state index in [9.17, 15) is 26.4 Å². The third kappa shape index (κ3) is 11.8. The molecule has 2 heterocycles. The van der Waals surface area contributed by atoms with Crippen LogP contribution in [0.1, 0.15) is 22.3 Å². The molecule has 0 aliphatic carbocycles. The highest BCUT2D eigenvalue weighted by atomic mass is 79.9. The van der Waals surface area contributed by atoms with E-state index in [0.29, 0.717) is 30.0 Å². The smallest absolute Gasteiger partial charge is 0.333 e. The Morgan fingerprint density at radius 2 is 1.13 bits per heavy atom. The summed E-state index contributed by atoms with van der Waals surface area (Å²) in [7, 11) is -5.27. The molecule has 6 N–H and O–H groups in total. The molecular formula is C36H44Br2N6O8S2. The minimum atomic E-state index is -4.11. The third-order valence-corrected chi connectivity index (χ3v) is 11.3. The predicted octanol–water partition coefficient (Wildman–Crippen LogP) is 4.83. The number of halogens is 2. The molecule has 4 aromatic rings. The number of urea groups is 2. The highest BCUT2D eigenvalue weighted by molar-refractivity contribution is 8.93. The molecule has 4 amide bonds. The number of nitrogens with zero attached hydrogens (tertiary/aromatic N) is 1. The number of anilines is 2. The summed E-state index contributed by atoms with van der Waals surface area (Å²) < 4.78 is 64.5. The lowest BCUT2D eigenvalue weighted by atomic mass is 10.0. The number of nitrogen functional groups attached to an aromatic ring is 1. The van der Waals surface area contributed by atoms with E-state index in [1.807, 2.05) is 10.8 Å². The van der Waals surface area contributed by atoms with Gasteiger partial charge in [0.25, 0.3) is 20.0 Å². The standard InChI is InChI=1S/C26H28N4O8S2.C10H14N2.2BrH/c1-37-21-5-9-23(10-6-21)39(33,34)28-25(31)27-20-4-3-18-13-15-30(16-14-19(18)17-20)26(32)29-40(35,36)24-11-7-22(38-2)8-12-24;11-10-2-1-8-3-5-12-6-4-9(8)7-10;;/h3-12,17H,13-16H2,1-2H3,(H,29,32)(H2,27,28,31);1-2,7,12H,3-6,11H2;2*1H. The van der Waals surface area contributed by atoms with Crippen molar-refractivity contribution in [1.29, 1.82) is 0 Å². The number of methoxy groups -OCH3 is 2. The minimum absolute atomic E-state index is 0. The van der Waals surface area contributed by atoms with Crippen LogP contribution < -0.4 is 35.3 Å². The molecule has 0 bridgehead atoms. The van der Waals surface area contributed by atoms with Gasteiger partial charge in [-0.05, 0) is 134 Å². The van der Waals surface area contributed by atoms with Crippen LogP contribution in [-0.2, 0) is 45.7 Å². The van der Waals surface area contributed by atoms with Crippen molar-refractivity contribution in [2.45, 2.75) is 35.5 Å². The highest BCUT2D eigenvalue weighted by Crippen LogP contribution is 2.22. The van der Waals surface area contributed by atoms with Gasteiger partial charge in [-0.2, -0.15) is 0 Å². The first-order valence-electron chi connectivity index (χ1n) is 16.5. The van der Waals surface area contributed by atoms with Gasteiger partial charge >= 0.3 is 12.1 Å². The van der Waals surface area contributed by atoms with Crippen molar-refractivity contribution in [2.75, 3.05) is 51.4 Å². The Morgan fingerprint density at radius 1 is 0.648 bits per heavy atom. The van der Waals surface area contributed by atoms with Crippen LogP contribution in [-0.4, -0.2) is 74.2 Å². The molecule has 0 spiro atoms. The van der Waals surface area contributed by atoms with Gasteiger partial charge < -0.3 is 30.7 Å². The molecule has 2 aliphatic heterocycles. The molecule has 6 rings (SSSR count). The molecule has 54 heavy (non-hydrogen) atoms. The maximum atomic E-state index is 12.8. The molecule has 18 heteroatoms. The molecule has 0 saturated carbocycles. The quantitative estimate of drug-likeness (QED) is 0.160. The average Bonchev–Trinajstić information content (AvgIpc) is 3.50. The zero-order valence-corrected chi connectivity index (χ0v) is 34.7. The number of benzene rings is 4. The number of ether oxygens (including phenoxy) is 2. The van der Waals surface area contributed by atoms with E-state index in [-0.39, 0.29) is 56.8 Å². The van der Waals surface area contributed by atoms with E-state index in [1.165, 1.54) is 78.8 Å². The molecule has 14 nitrogen and oxygen atoms in total. The van der Waals surface area contributed by atoms with Crippen molar-refractivity contribution >= 4 is 77.4 Å². The van der Waals surface area contributed by atoms with Crippen LogP contribution in [0.2, 0.25) is 0 Å². The molecule has 0 aromatic heterocycles. The van der Waals surface area contributed by atoms with Crippen molar-refractivity contribution in [3.8, 4) is 11.5 Å². The second-order valence-electron chi connectivity index (χ2n) is 12.1. The van der Waals surface area contributed by atoms with Crippen LogP contribution in [0.3, 0.4) is 0 Å². The van der Waals surface area contributed by atoms with Crippen LogP contribution >= 0.6 is 34.0 Å². The molecule has 0 saturated heterocycles. The Kier molecular flexibility index (Phi) is 16.2. The average molecular weight is 913 g/mol. The van der Waals surface area contributed by atoms with Gasteiger partial charge in [0, 0.05) is 24.5 Å². The van der Waals surface area contributed by atoms with Crippen LogP contribution in [0.4, 0.5) is 21.0 Å². The number of carbonyl (C=O) groups is 2. The number of fused-ring (bicyclic) bond motifs is 2. The first-order chi connectivity index (χ1) is 24.9. The second kappa shape index (κ2) is 19.8. The van der Waals surface area contributed by atoms with Gasteiger partial charge in [0.1, 0.15) is 11.5 Å². The van der Waals surface area contributed by atoms with Gasteiger partial charge in [0.05, 0.1) is 24.0 Å². The molecule has 2 aliphatic rings. The minimum Gasteiger partial charge on any atom is -0.497 e. The lowest BCUT2D eigenvalue weighted by Gasteiger charge is -2.20. The third-order valence-electron chi connectivity index (χ3n) is 8.61. The maximum Gasteiger partial charge on any atom is 0.333 e. The summed E-state index contributed by atoms with van der Waals surface area (Å²) in [5.41, 5.74) is 11.6. The summed E-state index contributed by atoms with van der Waals surface area (Å²) in [5, 5.41) is 5.89. The van der Waals surface area contributed by atoms with E-state index >= 15 is 0 Å². The zero-order valence-electron chi connectivity index (χ0n) is 29.7. The summed E-state index contributed by atoms with van der Waals surface area (Å²) >= 11 is 0. The fourth-order valence-corrected chi connectivity index (χ4v) is 7.66. The van der Waals surface area contributed by atoms with E-state index in [4.69, 9.17) is 15.2 Å². The monoisotopic (exact) mass is 910 g/mol. The lowest BCUT2D eigenvalue weighted by Crippen LogP contribution is -2.43. The Balaban J connectivity index is 0.000000473. The first-order valence-corrected chi connectivity index (χ1v) is 19.5. The van der Waals surface area contributed by atoms with Gasteiger partial charge in [-0.1, -0.05) is 12.1 Å². The van der Waals surface area contributed by atoms with Crippen molar-refractivity contribution in [1.82, 2.24) is 19.7 Å². The number of hydrogen-bond donors (Lipinski definition) is 5. The molecule has 0 fully saturated rings. The van der Waals surface area contributed by atoms with E-state index in [0.717, 1.165) is 42.7 Å². The summed E-state index contributed by atoms with van der Waals surface area (Å²) in [4.78, 5) is 26.5. The molecule has 292 valence electrons. The molecule has 0 unspecified atom stereocenters. The summed E-state index contributed by atoms with van der Waals surface area (Å²) in [6.07, 6.45) is 3.10. The van der Waals surface area contributed by atoms with Gasteiger partial charge in [0.2, 0.25) is 0 Å². The number of amides is 4. The Labute approximate surface area is 336 Å². The SMILES string of the molecule is Br.Br.COc1ccc(S(=O)(=O)NC(=O)Nc2ccc3c(c2)CCN(C(=O)NS(=O)(=O)c2ccc(OC)cc2)CC3)cc1.Nc1ccc2c(c1)CCNCC2. The van der Waals surface area contributed by atoms with Crippen molar-refractivity contribution < 1.29 is 35.9 Å². The fraction of sp³-hybridized carbons (Fsp3) is 0.278. The summed E-state index contributed by atoms with van der Waals surface area (Å²) in [6.45, 7) is 2.69. The van der Waals surface area contributed by atoms with E-state index in [2.05, 4.69) is 27.5 Å². The molecule has 4 aromatic carbocycles. The molecule has 0 radical (unpaired) electrons.